The van der Waals surface area contributed by atoms with Gasteiger partial charge in [-0.3, -0.25) is 9.78 Å². The number of nitrogens with one attached hydrogen (secondary N) is 1. The number of benzene rings is 1. The summed E-state index contributed by atoms with van der Waals surface area (Å²) in [6.07, 6.45) is 3.27. The van der Waals surface area contributed by atoms with Crippen molar-refractivity contribution in [3.63, 3.8) is 0 Å². The van der Waals surface area contributed by atoms with E-state index in [1.54, 1.807) is 18.5 Å². The third kappa shape index (κ3) is 4.07. The molecule has 0 bridgehead atoms. The van der Waals surface area contributed by atoms with Gasteiger partial charge in [0.25, 0.3) is 5.91 Å². The molecule has 1 aromatic heterocycles. The molecule has 2 rings (SSSR count). The van der Waals surface area contributed by atoms with Crippen LogP contribution in [0, 0.1) is 0 Å². The number of amides is 1. The number of rotatable bonds is 5. The van der Waals surface area contributed by atoms with Gasteiger partial charge in [0.05, 0.1) is 15.5 Å². The molecule has 0 radical (unpaired) electrons. The minimum absolute atomic E-state index is 0.0124. The molecule has 8 heteroatoms. The zero-order valence-electron chi connectivity index (χ0n) is 12.7. The molecule has 0 atom stereocenters. The van der Waals surface area contributed by atoms with E-state index in [2.05, 4.69) is 10.3 Å². The normalized spacial score (nSPS) is 11.5. The topological polar surface area (TPSA) is 79.4 Å². The number of hydrogen-bond donors (Lipinski definition) is 1. The van der Waals surface area contributed by atoms with Gasteiger partial charge in [0.15, 0.2) is 0 Å². The Morgan fingerprint density at radius 2 is 2.04 bits per heavy atom. The summed E-state index contributed by atoms with van der Waals surface area (Å²) in [7, 11) is -0.787. The van der Waals surface area contributed by atoms with E-state index in [9.17, 15) is 13.2 Å². The molecule has 1 aromatic carbocycles. The summed E-state index contributed by atoms with van der Waals surface area (Å²) in [5.74, 6) is -0.449. The average molecular weight is 354 g/mol. The molecule has 0 aliphatic heterocycles. The first-order valence-electron chi connectivity index (χ1n) is 6.71. The van der Waals surface area contributed by atoms with Gasteiger partial charge in [-0.05, 0) is 29.8 Å². The Morgan fingerprint density at radius 3 is 2.65 bits per heavy atom. The fraction of sp³-hybridized carbons (Fsp3) is 0.200. The molecule has 122 valence electrons. The number of halogens is 1. The summed E-state index contributed by atoms with van der Waals surface area (Å²) in [6.45, 7) is 0.271. The molecular weight excluding hydrogens is 338 g/mol. The monoisotopic (exact) mass is 353 g/mol. The van der Waals surface area contributed by atoms with E-state index in [-0.39, 0.29) is 22.0 Å². The minimum atomic E-state index is -3.63. The van der Waals surface area contributed by atoms with Crippen LogP contribution in [-0.4, -0.2) is 37.7 Å². The van der Waals surface area contributed by atoms with Crippen LogP contribution in [0.3, 0.4) is 0 Å². The molecular formula is C15H16ClN3O3S. The molecule has 1 N–H and O–H groups in total. The SMILES string of the molecule is CN(C)S(=O)(=O)c1ccc(Cl)c(C(=O)NCc2cccnc2)c1. The van der Waals surface area contributed by atoms with Crippen LogP contribution in [0.4, 0.5) is 0 Å². The molecule has 1 amide bonds. The van der Waals surface area contributed by atoms with Gasteiger partial charge in [0.1, 0.15) is 0 Å². The summed E-state index contributed by atoms with van der Waals surface area (Å²) in [5, 5.41) is 2.88. The number of pyridine rings is 1. The van der Waals surface area contributed by atoms with Crippen LogP contribution >= 0.6 is 11.6 Å². The van der Waals surface area contributed by atoms with Crippen LogP contribution in [0.25, 0.3) is 0 Å². The third-order valence-corrected chi connectivity index (χ3v) is 5.28. The maximum absolute atomic E-state index is 12.3. The Balaban J connectivity index is 2.23. The molecule has 0 saturated heterocycles. The van der Waals surface area contributed by atoms with Crippen molar-refractivity contribution in [2.75, 3.05) is 14.1 Å². The molecule has 0 unspecified atom stereocenters. The van der Waals surface area contributed by atoms with Crippen molar-refractivity contribution in [1.82, 2.24) is 14.6 Å². The fourth-order valence-electron chi connectivity index (χ4n) is 1.83. The predicted molar refractivity (Wildman–Crippen MR) is 87.7 cm³/mol. The van der Waals surface area contributed by atoms with Gasteiger partial charge in [-0.25, -0.2) is 12.7 Å². The van der Waals surface area contributed by atoms with Crippen molar-refractivity contribution in [2.24, 2.45) is 0 Å². The second-order valence-electron chi connectivity index (χ2n) is 4.97. The number of carbonyl (C=O) groups is 1. The lowest BCUT2D eigenvalue weighted by atomic mass is 10.2. The van der Waals surface area contributed by atoms with E-state index in [4.69, 9.17) is 11.6 Å². The van der Waals surface area contributed by atoms with E-state index < -0.39 is 15.9 Å². The summed E-state index contributed by atoms with van der Waals surface area (Å²) >= 11 is 6.02. The molecule has 0 aliphatic rings. The highest BCUT2D eigenvalue weighted by atomic mass is 35.5. The maximum atomic E-state index is 12.3. The van der Waals surface area contributed by atoms with Crippen molar-refractivity contribution < 1.29 is 13.2 Å². The Labute approximate surface area is 140 Å². The van der Waals surface area contributed by atoms with Gasteiger partial charge in [0.2, 0.25) is 10.0 Å². The van der Waals surface area contributed by atoms with Gasteiger partial charge in [-0.1, -0.05) is 17.7 Å². The first kappa shape index (κ1) is 17.4. The fourth-order valence-corrected chi connectivity index (χ4v) is 2.96. The number of aromatic nitrogens is 1. The number of nitrogens with zero attached hydrogens (tertiary/aromatic N) is 2. The van der Waals surface area contributed by atoms with E-state index in [0.717, 1.165) is 9.87 Å². The molecule has 0 fully saturated rings. The lowest BCUT2D eigenvalue weighted by molar-refractivity contribution is 0.0951. The predicted octanol–water partition coefficient (Wildman–Crippen LogP) is 1.92. The van der Waals surface area contributed by atoms with Crippen LogP contribution in [-0.2, 0) is 16.6 Å². The maximum Gasteiger partial charge on any atom is 0.253 e. The van der Waals surface area contributed by atoms with Crippen LogP contribution in [0.1, 0.15) is 15.9 Å². The van der Waals surface area contributed by atoms with Gasteiger partial charge >= 0.3 is 0 Å². The lowest BCUT2D eigenvalue weighted by Gasteiger charge is -2.13. The lowest BCUT2D eigenvalue weighted by Crippen LogP contribution is -2.25. The zero-order valence-corrected chi connectivity index (χ0v) is 14.2. The molecule has 23 heavy (non-hydrogen) atoms. The summed E-state index contributed by atoms with van der Waals surface area (Å²) < 4.78 is 25.4. The Hall–Kier alpha value is -1.96. The van der Waals surface area contributed by atoms with Crippen molar-refractivity contribution in [1.29, 1.82) is 0 Å². The van der Waals surface area contributed by atoms with E-state index >= 15 is 0 Å². The van der Waals surface area contributed by atoms with Crippen molar-refractivity contribution >= 4 is 27.5 Å². The van der Waals surface area contributed by atoms with Gasteiger partial charge in [-0.15, -0.1) is 0 Å². The van der Waals surface area contributed by atoms with Crippen molar-refractivity contribution in [3.05, 3.63) is 58.9 Å². The number of hydrogen-bond acceptors (Lipinski definition) is 4. The Morgan fingerprint density at radius 1 is 1.30 bits per heavy atom. The first-order valence-corrected chi connectivity index (χ1v) is 8.53. The second-order valence-corrected chi connectivity index (χ2v) is 7.53. The zero-order chi connectivity index (χ0) is 17.0. The van der Waals surface area contributed by atoms with Gasteiger partial charge in [0, 0.05) is 33.0 Å². The van der Waals surface area contributed by atoms with E-state index in [1.807, 2.05) is 6.07 Å². The molecule has 1 heterocycles. The largest absolute Gasteiger partial charge is 0.348 e. The smallest absolute Gasteiger partial charge is 0.253 e. The minimum Gasteiger partial charge on any atom is -0.348 e. The van der Waals surface area contributed by atoms with Gasteiger partial charge in [-0.2, -0.15) is 0 Å². The molecule has 6 nitrogen and oxygen atoms in total. The van der Waals surface area contributed by atoms with Crippen LogP contribution in [0.15, 0.2) is 47.6 Å². The van der Waals surface area contributed by atoms with Crippen LogP contribution in [0.5, 0.6) is 0 Å². The van der Waals surface area contributed by atoms with E-state index in [0.29, 0.717) is 0 Å². The van der Waals surface area contributed by atoms with Crippen molar-refractivity contribution in [3.8, 4) is 0 Å². The standard InChI is InChI=1S/C15H16ClN3O3S/c1-19(2)23(21,22)12-5-6-14(16)13(8-12)15(20)18-10-11-4-3-7-17-9-11/h3-9H,10H2,1-2H3,(H,18,20). The molecule has 0 spiro atoms. The highest BCUT2D eigenvalue weighted by Crippen LogP contribution is 2.22. The third-order valence-electron chi connectivity index (χ3n) is 3.14. The molecule has 2 aromatic rings. The quantitative estimate of drug-likeness (QED) is 0.890. The van der Waals surface area contributed by atoms with Crippen molar-refractivity contribution in [2.45, 2.75) is 11.4 Å². The number of carbonyl (C=O) groups excluding carboxylic acids is 1. The van der Waals surface area contributed by atoms with Gasteiger partial charge < -0.3 is 5.32 Å². The Kier molecular flexibility index (Phi) is 5.35. The first-order chi connectivity index (χ1) is 10.8. The summed E-state index contributed by atoms with van der Waals surface area (Å²) in [5.41, 5.74) is 0.938. The molecule has 0 saturated carbocycles. The summed E-state index contributed by atoms with van der Waals surface area (Å²) in [6, 6.07) is 7.63. The number of sulfonamides is 1. The summed E-state index contributed by atoms with van der Waals surface area (Å²) in [4.78, 5) is 16.2. The highest BCUT2D eigenvalue weighted by Gasteiger charge is 2.20. The molecule has 0 aliphatic carbocycles. The van der Waals surface area contributed by atoms with E-state index in [1.165, 1.54) is 32.3 Å². The second kappa shape index (κ2) is 7.08. The highest BCUT2D eigenvalue weighted by molar-refractivity contribution is 7.89. The Bertz CT molecular complexity index is 808. The van der Waals surface area contributed by atoms with Crippen LogP contribution in [0.2, 0.25) is 5.02 Å². The average Bonchev–Trinajstić information content (AvgIpc) is 2.53. The van der Waals surface area contributed by atoms with Crippen LogP contribution < -0.4 is 5.32 Å².